The molecule has 0 N–H and O–H groups in total. The Labute approximate surface area is 147 Å². The number of hydrogen-bond acceptors (Lipinski definition) is 7. The zero-order chi connectivity index (χ0) is 19.9. The number of halogens is 3. The molecule has 0 aliphatic rings. The highest BCUT2D eigenvalue weighted by Crippen LogP contribution is 2.15. The molecule has 0 saturated carbocycles. The predicted molar refractivity (Wildman–Crippen MR) is 81.8 cm³/mol. The van der Waals surface area contributed by atoms with Crippen molar-refractivity contribution in [1.29, 1.82) is 0 Å². The first-order valence-electron chi connectivity index (χ1n) is 7.30. The van der Waals surface area contributed by atoms with E-state index < -0.39 is 52.3 Å². The van der Waals surface area contributed by atoms with Crippen molar-refractivity contribution >= 4 is 5.78 Å². The molecule has 0 bridgehead atoms. The van der Waals surface area contributed by atoms with Crippen molar-refractivity contribution in [2.45, 2.75) is 6.42 Å². The van der Waals surface area contributed by atoms with Crippen molar-refractivity contribution in [3.8, 4) is 5.69 Å². The Hall–Kier alpha value is -3.64. The molecule has 0 spiro atoms. The fourth-order valence-electron chi connectivity index (χ4n) is 2.27. The van der Waals surface area contributed by atoms with Crippen molar-refractivity contribution in [3.63, 3.8) is 0 Å². The van der Waals surface area contributed by atoms with Crippen LogP contribution in [-0.4, -0.2) is 40.3 Å². The Kier molecular flexibility index (Phi) is 4.43. The van der Waals surface area contributed by atoms with E-state index in [1.165, 1.54) is 11.7 Å². The van der Waals surface area contributed by atoms with Gasteiger partial charge in [0.15, 0.2) is 34.8 Å². The summed E-state index contributed by atoms with van der Waals surface area (Å²) in [6, 6.07) is 0.921. The molecule has 0 unspecified atom stereocenters. The number of tetrazole rings is 1. The van der Waals surface area contributed by atoms with Crippen molar-refractivity contribution < 1.29 is 18.0 Å². The van der Waals surface area contributed by atoms with Gasteiger partial charge in [-0.25, -0.2) is 31.9 Å². The number of Topliss-reactive ketones (excluding diaryl/α,β-unsaturated/α-hetero) is 1. The molecule has 2 aromatic heterocycles. The van der Waals surface area contributed by atoms with Crippen LogP contribution in [-0.2, 0) is 20.5 Å². The van der Waals surface area contributed by atoms with Gasteiger partial charge in [0, 0.05) is 26.2 Å². The third-order valence-corrected chi connectivity index (χ3v) is 3.64. The number of hydrogen-bond donors (Lipinski definition) is 0. The maximum Gasteiger partial charge on any atom is 0.351 e. The van der Waals surface area contributed by atoms with Crippen LogP contribution in [0.25, 0.3) is 5.69 Å². The van der Waals surface area contributed by atoms with Crippen LogP contribution in [0.3, 0.4) is 0 Å². The van der Waals surface area contributed by atoms with Crippen molar-refractivity contribution in [1.82, 2.24) is 34.6 Å². The van der Waals surface area contributed by atoms with Crippen molar-refractivity contribution in [2.75, 3.05) is 0 Å². The highest BCUT2D eigenvalue weighted by Gasteiger charge is 2.22. The number of aromatic nitrogens is 7. The highest BCUT2D eigenvalue weighted by molar-refractivity contribution is 5.94. The van der Waals surface area contributed by atoms with E-state index in [4.69, 9.17) is 0 Å². The Morgan fingerprint density at radius 3 is 2.26 bits per heavy atom. The SMILES string of the molecule is Cn1nnnc1CC(=O)c1nn(C)c(=O)n(-c2cc(F)c(F)c(F)c2)c1=O. The first-order chi connectivity index (χ1) is 12.7. The van der Waals surface area contributed by atoms with Crippen LogP contribution in [0.2, 0.25) is 0 Å². The van der Waals surface area contributed by atoms with E-state index in [1.807, 2.05) is 0 Å². The van der Waals surface area contributed by atoms with Crippen LogP contribution in [0.5, 0.6) is 0 Å². The van der Waals surface area contributed by atoms with E-state index in [0.29, 0.717) is 21.4 Å². The van der Waals surface area contributed by atoms with Crippen LogP contribution in [0.15, 0.2) is 21.7 Å². The number of benzene rings is 1. The molecule has 10 nitrogen and oxygen atoms in total. The molecular weight excluding hydrogens is 371 g/mol. The van der Waals surface area contributed by atoms with Gasteiger partial charge in [0.1, 0.15) is 0 Å². The Balaban J connectivity index is 2.17. The lowest BCUT2D eigenvalue weighted by atomic mass is 10.2. The third-order valence-electron chi connectivity index (χ3n) is 3.64. The molecule has 0 aliphatic heterocycles. The van der Waals surface area contributed by atoms with Gasteiger partial charge in [0.05, 0.1) is 12.1 Å². The summed E-state index contributed by atoms with van der Waals surface area (Å²) in [5.74, 6) is -5.67. The Bertz CT molecular complexity index is 1160. The Morgan fingerprint density at radius 1 is 1.07 bits per heavy atom. The average molecular weight is 381 g/mol. The van der Waals surface area contributed by atoms with E-state index in [9.17, 15) is 27.6 Å². The number of aryl methyl sites for hydroxylation is 2. The fourth-order valence-corrected chi connectivity index (χ4v) is 2.27. The minimum atomic E-state index is -1.76. The molecule has 3 aromatic rings. The quantitative estimate of drug-likeness (QED) is 0.433. The monoisotopic (exact) mass is 381 g/mol. The zero-order valence-electron chi connectivity index (χ0n) is 13.9. The van der Waals surface area contributed by atoms with Gasteiger partial charge < -0.3 is 0 Å². The lowest BCUT2D eigenvalue weighted by Gasteiger charge is -2.09. The summed E-state index contributed by atoms with van der Waals surface area (Å²) in [7, 11) is 2.61. The summed E-state index contributed by atoms with van der Waals surface area (Å²) in [6.45, 7) is 0. The Morgan fingerprint density at radius 2 is 1.70 bits per heavy atom. The van der Waals surface area contributed by atoms with Crippen molar-refractivity contribution in [3.05, 3.63) is 61.9 Å². The summed E-state index contributed by atoms with van der Waals surface area (Å²) >= 11 is 0. The number of carbonyl (C=O) groups is 1. The number of carbonyl (C=O) groups excluding carboxylic acids is 1. The molecule has 0 radical (unpaired) electrons. The molecule has 0 atom stereocenters. The highest BCUT2D eigenvalue weighted by atomic mass is 19.2. The van der Waals surface area contributed by atoms with E-state index in [-0.39, 0.29) is 5.82 Å². The lowest BCUT2D eigenvalue weighted by Crippen LogP contribution is -2.43. The normalized spacial score (nSPS) is 11.0. The summed E-state index contributed by atoms with van der Waals surface area (Å²) in [5, 5.41) is 14.1. The second-order valence-corrected chi connectivity index (χ2v) is 5.44. The van der Waals surface area contributed by atoms with Crippen LogP contribution >= 0.6 is 0 Å². The molecule has 1 aromatic carbocycles. The summed E-state index contributed by atoms with van der Waals surface area (Å²) in [6.07, 6.45) is -0.407. The zero-order valence-corrected chi connectivity index (χ0v) is 13.9. The van der Waals surface area contributed by atoms with Crippen LogP contribution in [0.4, 0.5) is 13.2 Å². The fraction of sp³-hybridized carbons (Fsp3) is 0.214. The maximum absolute atomic E-state index is 13.5. The summed E-state index contributed by atoms with van der Waals surface area (Å²) < 4.78 is 42.3. The first kappa shape index (κ1) is 18.2. The summed E-state index contributed by atoms with van der Waals surface area (Å²) in [4.78, 5) is 37.2. The number of nitrogens with zero attached hydrogens (tertiary/aromatic N) is 7. The molecule has 2 heterocycles. The molecule has 3 rings (SSSR count). The van der Waals surface area contributed by atoms with E-state index >= 15 is 0 Å². The van der Waals surface area contributed by atoms with Gasteiger partial charge >= 0.3 is 5.69 Å². The molecule has 13 heteroatoms. The van der Waals surface area contributed by atoms with Crippen molar-refractivity contribution in [2.24, 2.45) is 14.1 Å². The standard InChI is InChI=1S/C14H10F3N7O3/c1-22-10(18-20-21-22)5-9(25)12-13(26)24(14(27)23(2)19-12)6-3-7(15)11(17)8(16)4-6/h3-4H,5H2,1-2H3. The molecule has 0 saturated heterocycles. The van der Waals surface area contributed by atoms with Gasteiger partial charge in [-0.3, -0.25) is 9.59 Å². The van der Waals surface area contributed by atoms with E-state index in [1.54, 1.807) is 0 Å². The van der Waals surface area contributed by atoms with Gasteiger partial charge in [-0.05, 0) is 10.4 Å². The minimum Gasteiger partial charge on any atom is -0.292 e. The first-order valence-corrected chi connectivity index (χ1v) is 7.30. The van der Waals surface area contributed by atoms with Gasteiger partial charge in [-0.15, -0.1) is 5.10 Å². The second-order valence-electron chi connectivity index (χ2n) is 5.44. The van der Waals surface area contributed by atoms with Gasteiger partial charge in [0.25, 0.3) is 5.56 Å². The largest absolute Gasteiger partial charge is 0.351 e. The van der Waals surface area contributed by atoms with Crippen LogP contribution in [0, 0.1) is 17.5 Å². The van der Waals surface area contributed by atoms with Crippen LogP contribution < -0.4 is 11.2 Å². The smallest absolute Gasteiger partial charge is 0.292 e. The number of rotatable bonds is 4. The minimum absolute atomic E-state index is 0.125. The lowest BCUT2D eigenvalue weighted by molar-refractivity contribution is 0.0980. The summed E-state index contributed by atoms with van der Waals surface area (Å²) in [5.41, 5.74) is -3.56. The van der Waals surface area contributed by atoms with E-state index in [2.05, 4.69) is 20.6 Å². The molecule has 0 aliphatic carbocycles. The predicted octanol–water partition coefficient (Wildman–Crippen LogP) is -0.703. The van der Waals surface area contributed by atoms with Gasteiger partial charge in [-0.2, -0.15) is 5.10 Å². The average Bonchev–Trinajstić information content (AvgIpc) is 3.00. The molecule has 0 fully saturated rings. The van der Waals surface area contributed by atoms with Crippen LogP contribution in [0.1, 0.15) is 16.3 Å². The molecule has 0 amide bonds. The molecule has 27 heavy (non-hydrogen) atoms. The number of ketones is 1. The third kappa shape index (κ3) is 3.14. The maximum atomic E-state index is 13.5. The second kappa shape index (κ2) is 6.59. The molecular formula is C14H10F3N7O3. The van der Waals surface area contributed by atoms with E-state index in [0.717, 1.165) is 7.05 Å². The topological polar surface area (TPSA) is 118 Å². The van der Waals surface area contributed by atoms with Gasteiger partial charge in [-0.1, -0.05) is 0 Å². The van der Waals surface area contributed by atoms with Gasteiger partial charge in [0.2, 0.25) is 0 Å². The molecule has 140 valence electrons.